The Bertz CT molecular complexity index is 1080. The molecule has 3 rings (SSSR count). The van der Waals surface area contributed by atoms with Crippen LogP contribution < -0.4 is 16.0 Å². The molecule has 3 aromatic rings. The van der Waals surface area contributed by atoms with Gasteiger partial charge in [0.05, 0.1) is 12.9 Å². The second kappa shape index (κ2) is 7.48. The highest BCUT2D eigenvalue weighted by Crippen LogP contribution is 2.08. The number of ether oxygens (including phenoxy) is 1. The number of fused-ring (bicyclic) bond motifs is 1. The van der Waals surface area contributed by atoms with E-state index in [0.29, 0.717) is 13.2 Å². The number of rotatable bonds is 6. The van der Waals surface area contributed by atoms with E-state index >= 15 is 0 Å². The highest BCUT2D eigenvalue weighted by atomic mass is 16.5. The first-order valence-corrected chi connectivity index (χ1v) is 8.43. The number of aryl methyl sites for hydroxylation is 1. The summed E-state index contributed by atoms with van der Waals surface area (Å²) < 4.78 is 9.35. The van der Waals surface area contributed by atoms with Crippen molar-refractivity contribution in [2.24, 2.45) is 14.1 Å². The topological polar surface area (TPSA) is 91.4 Å². The summed E-state index contributed by atoms with van der Waals surface area (Å²) in [5.74, 6) is 0.547. The molecule has 0 fully saturated rings. The number of hydrogen-bond donors (Lipinski definition) is 0. The van der Waals surface area contributed by atoms with Gasteiger partial charge in [-0.2, -0.15) is 0 Å². The van der Waals surface area contributed by atoms with E-state index in [0.717, 1.165) is 10.3 Å². The molecule has 0 saturated carbocycles. The van der Waals surface area contributed by atoms with E-state index in [-0.39, 0.29) is 23.6 Å². The van der Waals surface area contributed by atoms with Gasteiger partial charge >= 0.3 is 5.69 Å². The molecule has 1 aromatic carbocycles. The highest BCUT2D eigenvalue weighted by molar-refractivity contribution is 5.78. The van der Waals surface area contributed by atoms with Crippen LogP contribution in [0, 0.1) is 0 Å². The molecule has 0 spiro atoms. The highest BCUT2D eigenvalue weighted by Gasteiger charge is 2.17. The molecule has 2 aromatic heterocycles. The normalized spacial score (nSPS) is 10.9. The maximum absolute atomic E-state index is 12.5. The lowest BCUT2D eigenvalue weighted by molar-refractivity contribution is -0.130. The van der Waals surface area contributed by atoms with Gasteiger partial charge in [-0.3, -0.25) is 18.7 Å². The van der Waals surface area contributed by atoms with Crippen molar-refractivity contribution < 1.29 is 9.53 Å². The Morgan fingerprint density at radius 1 is 1.15 bits per heavy atom. The van der Waals surface area contributed by atoms with Crippen LogP contribution in [0.2, 0.25) is 0 Å². The summed E-state index contributed by atoms with van der Waals surface area (Å²) >= 11 is 0. The maximum atomic E-state index is 12.5. The summed E-state index contributed by atoms with van der Waals surface area (Å²) in [6.45, 7) is 0.704. The molecule has 9 heteroatoms. The Labute approximate surface area is 155 Å². The van der Waals surface area contributed by atoms with Crippen LogP contribution in [-0.4, -0.2) is 49.7 Å². The summed E-state index contributed by atoms with van der Waals surface area (Å²) in [4.78, 5) is 42.5. The van der Waals surface area contributed by atoms with Gasteiger partial charge in [-0.1, -0.05) is 18.2 Å². The van der Waals surface area contributed by atoms with Gasteiger partial charge in [0.2, 0.25) is 5.91 Å². The number of nitrogens with zero attached hydrogens (tertiary/aromatic N) is 5. The van der Waals surface area contributed by atoms with E-state index in [1.54, 1.807) is 7.05 Å². The Hall–Kier alpha value is -3.36. The van der Waals surface area contributed by atoms with Crippen LogP contribution in [0.4, 0.5) is 0 Å². The predicted octanol–water partition coefficient (Wildman–Crippen LogP) is -0.0289. The Balaban J connectivity index is 1.70. The van der Waals surface area contributed by atoms with Gasteiger partial charge in [0.1, 0.15) is 18.9 Å². The zero-order chi connectivity index (χ0) is 19.6. The van der Waals surface area contributed by atoms with Crippen molar-refractivity contribution in [3.05, 3.63) is 57.5 Å². The fourth-order valence-corrected chi connectivity index (χ4v) is 2.73. The van der Waals surface area contributed by atoms with E-state index in [9.17, 15) is 14.4 Å². The molecule has 0 aliphatic rings. The molecule has 27 heavy (non-hydrogen) atoms. The number of carbonyl (C=O) groups excluding carboxylic acids is 1. The molecule has 9 nitrogen and oxygen atoms in total. The summed E-state index contributed by atoms with van der Waals surface area (Å²) in [7, 11) is 4.61. The zero-order valence-corrected chi connectivity index (χ0v) is 15.5. The predicted molar refractivity (Wildman–Crippen MR) is 99.8 cm³/mol. The van der Waals surface area contributed by atoms with E-state index < -0.39 is 11.2 Å². The molecular formula is C18H21N5O4. The minimum absolute atomic E-state index is 0.0498. The zero-order valence-electron chi connectivity index (χ0n) is 15.5. The number of benzene rings is 1. The van der Waals surface area contributed by atoms with Crippen LogP contribution in [0.3, 0.4) is 0 Å². The molecule has 0 radical (unpaired) electrons. The maximum Gasteiger partial charge on any atom is 0.332 e. The van der Waals surface area contributed by atoms with Gasteiger partial charge < -0.3 is 14.2 Å². The number of likely N-dealkylation sites (N-methyl/N-ethyl adjacent to an activating group) is 1. The third kappa shape index (κ3) is 3.62. The van der Waals surface area contributed by atoms with E-state index in [1.165, 1.54) is 34.5 Å². The first kappa shape index (κ1) is 18.4. The second-order valence-electron chi connectivity index (χ2n) is 6.23. The van der Waals surface area contributed by atoms with Gasteiger partial charge in [-0.25, -0.2) is 9.78 Å². The average Bonchev–Trinajstić information content (AvgIpc) is 3.09. The van der Waals surface area contributed by atoms with Gasteiger partial charge in [-0.05, 0) is 12.1 Å². The van der Waals surface area contributed by atoms with Gasteiger partial charge in [-0.15, -0.1) is 0 Å². The van der Waals surface area contributed by atoms with Crippen LogP contribution >= 0.6 is 0 Å². The Morgan fingerprint density at radius 3 is 2.56 bits per heavy atom. The molecule has 2 heterocycles. The quantitative estimate of drug-likeness (QED) is 0.607. The number of imidazole rings is 1. The average molecular weight is 371 g/mol. The number of para-hydroxylation sites is 1. The van der Waals surface area contributed by atoms with Crippen molar-refractivity contribution in [2.45, 2.75) is 6.54 Å². The van der Waals surface area contributed by atoms with Crippen LogP contribution in [-0.2, 0) is 25.4 Å². The minimum Gasteiger partial charge on any atom is -0.492 e. The molecule has 0 unspecified atom stereocenters. The second-order valence-corrected chi connectivity index (χ2v) is 6.23. The van der Waals surface area contributed by atoms with Crippen molar-refractivity contribution in [1.29, 1.82) is 0 Å². The Kier molecular flexibility index (Phi) is 5.11. The third-order valence-corrected chi connectivity index (χ3v) is 4.39. The largest absolute Gasteiger partial charge is 0.492 e. The van der Waals surface area contributed by atoms with Crippen molar-refractivity contribution >= 4 is 17.1 Å². The SMILES string of the molecule is CN(CCOc1ccccc1)C(=O)Cn1cnc2c1c(=O)n(C)c(=O)n2C. The molecule has 0 aliphatic heterocycles. The Morgan fingerprint density at radius 2 is 1.85 bits per heavy atom. The lowest BCUT2D eigenvalue weighted by Crippen LogP contribution is -2.38. The molecule has 0 bridgehead atoms. The molecule has 142 valence electrons. The first-order valence-electron chi connectivity index (χ1n) is 8.43. The fourth-order valence-electron chi connectivity index (χ4n) is 2.73. The molecular weight excluding hydrogens is 350 g/mol. The third-order valence-electron chi connectivity index (χ3n) is 4.39. The van der Waals surface area contributed by atoms with Crippen molar-refractivity contribution in [1.82, 2.24) is 23.6 Å². The van der Waals surface area contributed by atoms with Crippen molar-refractivity contribution in [3.63, 3.8) is 0 Å². The van der Waals surface area contributed by atoms with Crippen LogP contribution in [0.15, 0.2) is 46.2 Å². The van der Waals surface area contributed by atoms with E-state index in [4.69, 9.17) is 4.74 Å². The summed E-state index contributed by atoms with van der Waals surface area (Å²) in [6, 6.07) is 9.35. The lowest BCUT2D eigenvalue weighted by Gasteiger charge is -2.18. The summed E-state index contributed by atoms with van der Waals surface area (Å²) in [6.07, 6.45) is 1.40. The van der Waals surface area contributed by atoms with Crippen molar-refractivity contribution in [3.8, 4) is 5.75 Å². The first-order chi connectivity index (χ1) is 12.9. The monoisotopic (exact) mass is 371 g/mol. The lowest BCUT2D eigenvalue weighted by atomic mass is 10.3. The number of hydrogen-bond acceptors (Lipinski definition) is 5. The van der Waals surface area contributed by atoms with Crippen LogP contribution in [0.5, 0.6) is 5.75 Å². The summed E-state index contributed by atoms with van der Waals surface area (Å²) in [5.41, 5.74) is -0.458. The van der Waals surface area contributed by atoms with E-state index in [1.807, 2.05) is 30.3 Å². The van der Waals surface area contributed by atoms with Gasteiger partial charge in [0.25, 0.3) is 5.56 Å². The van der Waals surface area contributed by atoms with E-state index in [2.05, 4.69) is 4.98 Å². The summed E-state index contributed by atoms with van der Waals surface area (Å²) in [5, 5.41) is 0. The van der Waals surface area contributed by atoms with Gasteiger partial charge in [0.15, 0.2) is 11.2 Å². The number of aromatic nitrogens is 4. The molecule has 0 N–H and O–H groups in total. The van der Waals surface area contributed by atoms with Gasteiger partial charge in [0, 0.05) is 21.1 Å². The number of carbonyl (C=O) groups is 1. The van der Waals surface area contributed by atoms with Crippen LogP contribution in [0.1, 0.15) is 0 Å². The van der Waals surface area contributed by atoms with Crippen molar-refractivity contribution in [2.75, 3.05) is 20.2 Å². The standard InChI is InChI=1S/C18H21N5O4/c1-20(9-10-27-13-7-5-4-6-8-13)14(24)11-23-12-19-16-15(23)17(25)22(3)18(26)21(16)2/h4-8,12H,9-11H2,1-3H3. The smallest absolute Gasteiger partial charge is 0.332 e. The fraction of sp³-hybridized carbons (Fsp3) is 0.333. The molecule has 0 atom stereocenters. The molecule has 0 aliphatic carbocycles. The minimum atomic E-state index is -0.478. The molecule has 1 amide bonds. The van der Waals surface area contributed by atoms with Crippen LogP contribution in [0.25, 0.3) is 11.2 Å². The molecule has 0 saturated heterocycles. The number of amides is 1.